The normalized spacial score (nSPS) is 9.88. The molecule has 0 spiro atoms. The maximum absolute atomic E-state index is 7.23. The van der Waals surface area contributed by atoms with Gasteiger partial charge in [-0.1, -0.05) is 48.5 Å². The number of nitrogens with two attached hydrogens (primary N) is 1. The number of benzene rings is 2. The van der Waals surface area contributed by atoms with Crippen molar-refractivity contribution in [2.24, 2.45) is 5.73 Å². The van der Waals surface area contributed by atoms with Crippen LogP contribution in [0.1, 0.15) is 0 Å². The smallest absolute Gasteiger partial charge is 0.110 e. The second-order valence-electron chi connectivity index (χ2n) is 3.79. The average Bonchev–Trinajstić information content (AvgIpc) is 2.38. The molecular formula is C14H15N3. The summed E-state index contributed by atoms with van der Waals surface area (Å²) >= 11 is 0. The molecule has 0 amide bonds. The number of hydrogen-bond acceptors (Lipinski definition) is 2. The van der Waals surface area contributed by atoms with Crippen LogP contribution in [0.3, 0.4) is 0 Å². The zero-order valence-corrected chi connectivity index (χ0v) is 9.48. The standard InChI is InChI=1S/C14H15N3/c15-14(16)10-17-13-9-5-4-8-12(13)11-6-2-1-3-7-11/h1-9,17H,10H2,(H3,15,16). The Kier molecular flexibility index (Phi) is 3.40. The van der Waals surface area contributed by atoms with E-state index in [4.69, 9.17) is 11.1 Å². The minimum absolute atomic E-state index is 0.132. The van der Waals surface area contributed by atoms with E-state index in [1.807, 2.05) is 36.4 Å². The Morgan fingerprint density at radius 1 is 1.00 bits per heavy atom. The van der Waals surface area contributed by atoms with Gasteiger partial charge in [-0.05, 0) is 11.6 Å². The largest absolute Gasteiger partial charge is 0.386 e. The van der Waals surface area contributed by atoms with Crippen molar-refractivity contribution >= 4 is 11.5 Å². The van der Waals surface area contributed by atoms with E-state index in [0.717, 1.165) is 16.8 Å². The molecule has 0 fully saturated rings. The highest BCUT2D eigenvalue weighted by atomic mass is 14.9. The monoisotopic (exact) mass is 225 g/mol. The van der Waals surface area contributed by atoms with Gasteiger partial charge in [0.2, 0.25) is 0 Å². The van der Waals surface area contributed by atoms with Gasteiger partial charge >= 0.3 is 0 Å². The third-order valence-electron chi connectivity index (χ3n) is 2.48. The Hall–Kier alpha value is -2.29. The van der Waals surface area contributed by atoms with Crippen molar-refractivity contribution < 1.29 is 0 Å². The molecule has 0 heterocycles. The number of rotatable bonds is 4. The van der Waals surface area contributed by atoms with Crippen LogP contribution >= 0.6 is 0 Å². The van der Waals surface area contributed by atoms with Crippen LogP contribution in [-0.2, 0) is 0 Å². The van der Waals surface area contributed by atoms with E-state index < -0.39 is 0 Å². The van der Waals surface area contributed by atoms with Crippen molar-refractivity contribution in [3.05, 3.63) is 54.6 Å². The zero-order chi connectivity index (χ0) is 12.1. The highest BCUT2D eigenvalue weighted by molar-refractivity contribution is 5.84. The van der Waals surface area contributed by atoms with Crippen molar-refractivity contribution in [3.8, 4) is 11.1 Å². The van der Waals surface area contributed by atoms with E-state index in [0.29, 0.717) is 6.54 Å². The number of para-hydroxylation sites is 1. The third-order valence-corrected chi connectivity index (χ3v) is 2.48. The van der Waals surface area contributed by atoms with Crippen molar-refractivity contribution in [1.82, 2.24) is 0 Å². The summed E-state index contributed by atoms with van der Waals surface area (Å²) in [5, 5.41) is 10.4. The van der Waals surface area contributed by atoms with Crippen LogP contribution in [-0.4, -0.2) is 12.4 Å². The summed E-state index contributed by atoms with van der Waals surface area (Å²) in [5.41, 5.74) is 8.62. The molecular weight excluding hydrogens is 210 g/mol. The van der Waals surface area contributed by atoms with Gasteiger partial charge in [0, 0.05) is 11.3 Å². The Labute approximate surface area is 101 Å². The summed E-state index contributed by atoms with van der Waals surface area (Å²) < 4.78 is 0. The molecule has 17 heavy (non-hydrogen) atoms. The van der Waals surface area contributed by atoms with Crippen LogP contribution in [0, 0.1) is 5.41 Å². The summed E-state index contributed by atoms with van der Waals surface area (Å²) in [7, 11) is 0. The van der Waals surface area contributed by atoms with E-state index in [-0.39, 0.29) is 5.84 Å². The lowest BCUT2D eigenvalue weighted by atomic mass is 10.0. The first kappa shape index (κ1) is 11.2. The van der Waals surface area contributed by atoms with Gasteiger partial charge < -0.3 is 11.1 Å². The third kappa shape index (κ3) is 2.84. The topological polar surface area (TPSA) is 61.9 Å². The van der Waals surface area contributed by atoms with Gasteiger partial charge in [0.25, 0.3) is 0 Å². The fraction of sp³-hybridized carbons (Fsp3) is 0.0714. The summed E-state index contributed by atoms with van der Waals surface area (Å²) in [6.07, 6.45) is 0. The Morgan fingerprint density at radius 2 is 1.65 bits per heavy atom. The van der Waals surface area contributed by atoms with E-state index in [9.17, 15) is 0 Å². The van der Waals surface area contributed by atoms with Crippen molar-refractivity contribution in [2.75, 3.05) is 11.9 Å². The molecule has 2 aromatic carbocycles. The van der Waals surface area contributed by atoms with E-state index in [1.165, 1.54) is 0 Å². The molecule has 0 aliphatic rings. The summed E-state index contributed by atoms with van der Waals surface area (Å²) in [4.78, 5) is 0. The summed E-state index contributed by atoms with van der Waals surface area (Å²) in [6, 6.07) is 18.2. The molecule has 0 bridgehead atoms. The molecule has 0 unspecified atom stereocenters. The SMILES string of the molecule is N=C(N)CNc1ccccc1-c1ccccc1. The Bertz CT molecular complexity index is 506. The predicted octanol–water partition coefficient (Wildman–Crippen LogP) is 2.70. The second-order valence-corrected chi connectivity index (χ2v) is 3.79. The fourth-order valence-electron chi connectivity index (χ4n) is 1.70. The molecule has 0 aliphatic carbocycles. The lowest BCUT2D eigenvalue weighted by Gasteiger charge is -2.11. The maximum Gasteiger partial charge on any atom is 0.110 e. The fourth-order valence-corrected chi connectivity index (χ4v) is 1.70. The molecule has 2 aromatic rings. The molecule has 0 aliphatic heterocycles. The van der Waals surface area contributed by atoms with Gasteiger partial charge in [0.05, 0.1) is 6.54 Å². The Balaban J connectivity index is 2.31. The molecule has 2 rings (SSSR count). The van der Waals surface area contributed by atoms with Gasteiger partial charge in [-0.25, -0.2) is 0 Å². The molecule has 0 aromatic heterocycles. The maximum atomic E-state index is 7.23. The highest BCUT2D eigenvalue weighted by Gasteiger charge is 2.03. The van der Waals surface area contributed by atoms with Crippen LogP contribution in [0.25, 0.3) is 11.1 Å². The number of nitrogens with one attached hydrogen (secondary N) is 2. The lowest BCUT2D eigenvalue weighted by molar-refractivity contribution is 1.29. The van der Waals surface area contributed by atoms with E-state index in [2.05, 4.69) is 23.5 Å². The second kappa shape index (κ2) is 5.16. The van der Waals surface area contributed by atoms with Crippen molar-refractivity contribution in [1.29, 1.82) is 5.41 Å². The first-order valence-electron chi connectivity index (χ1n) is 5.48. The van der Waals surface area contributed by atoms with E-state index >= 15 is 0 Å². The van der Waals surface area contributed by atoms with Crippen molar-refractivity contribution in [2.45, 2.75) is 0 Å². The minimum Gasteiger partial charge on any atom is -0.386 e. The van der Waals surface area contributed by atoms with Gasteiger partial charge in [-0.2, -0.15) is 0 Å². The zero-order valence-electron chi connectivity index (χ0n) is 9.48. The summed E-state index contributed by atoms with van der Waals surface area (Å²) in [6.45, 7) is 0.365. The van der Waals surface area contributed by atoms with Gasteiger partial charge in [0.1, 0.15) is 5.84 Å². The van der Waals surface area contributed by atoms with Gasteiger partial charge in [-0.3, -0.25) is 5.41 Å². The molecule has 0 atom stereocenters. The van der Waals surface area contributed by atoms with Crippen molar-refractivity contribution in [3.63, 3.8) is 0 Å². The molecule has 0 saturated heterocycles. The molecule has 3 heteroatoms. The molecule has 0 radical (unpaired) electrons. The Morgan fingerprint density at radius 3 is 2.35 bits per heavy atom. The quantitative estimate of drug-likeness (QED) is 0.553. The predicted molar refractivity (Wildman–Crippen MR) is 72.3 cm³/mol. The number of amidine groups is 1. The van der Waals surface area contributed by atoms with Crippen LogP contribution in [0.5, 0.6) is 0 Å². The minimum atomic E-state index is 0.132. The van der Waals surface area contributed by atoms with Crippen LogP contribution in [0.4, 0.5) is 5.69 Å². The first-order chi connectivity index (χ1) is 8.27. The van der Waals surface area contributed by atoms with E-state index in [1.54, 1.807) is 0 Å². The molecule has 4 N–H and O–H groups in total. The van der Waals surface area contributed by atoms with Crippen LogP contribution in [0.2, 0.25) is 0 Å². The lowest BCUT2D eigenvalue weighted by Crippen LogP contribution is -2.21. The van der Waals surface area contributed by atoms with Crippen LogP contribution in [0.15, 0.2) is 54.6 Å². The van der Waals surface area contributed by atoms with Crippen LogP contribution < -0.4 is 11.1 Å². The first-order valence-corrected chi connectivity index (χ1v) is 5.48. The highest BCUT2D eigenvalue weighted by Crippen LogP contribution is 2.27. The molecule has 3 nitrogen and oxygen atoms in total. The summed E-state index contributed by atoms with van der Waals surface area (Å²) in [5.74, 6) is 0.132. The van der Waals surface area contributed by atoms with Gasteiger partial charge in [-0.15, -0.1) is 0 Å². The number of anilines is 1. The van der Waals surface area contributed by atoms with Gasteiger partial charge in [0.15, 0.2) is 0 Å². The number of hydrogen-bond donors (Lipinski definition) is 3. The molecule has 0 saturated carbocycles. The average molecular weight is 225 g/mol. The molecule has 86 valence electrons.